The molecule has 7 nitrogen and oxygen atoms in total. The maximum atomic E-state index is 13.0. The number of benzene rings is 1. The molecular formula is C21H27N3O4. The number of carbonyl (C=O) groups excluding carboxylic acids is 4. The van der Waals surface area contributed by atoms with Crippen molar-refractivity contribution in [1.82, 2.24) is 15.8 Å². The molecule has 2 atom stereocenters. The summed E-state index contributed by atoms with van der Waals surface area (Å²) >= 11 is 0. The molecule has 1 aromatic carbocycles. The van der Waals surface area contributed by atoms with Crippen molar-refractivity contribution in [2.75, 3.05) is 7.05 Å². The number of hydrogen-bond donors (Lipinski definition) is 2. The summed E-state index contributed by atoms with van der Waals surface area (Å²) in [4.78, 5) is 51.8. The van der Waals surface area contributed by atoms with Gasteiger partial charge in [0.25, 0.3) is 5.91 Å². The van der Waals surface area contributed by atoms with Crippen molar-refractivity contribution in [3.63, 3.8) is 0 Å². The number of imide groups is 1. The Morgan fingerprint density at radius 3 is 1.89 bits per heavy atom. The van der Waals surface area contributed by atoms with E-state index >= 15 is 0 Å². The third kappa shape index (κ3) is 3.19. The number of nitrogens with zero attached hydrogens (tertiary/aromatic N) is 1. The molecular weight excluding hydrogens is 358 g/mol. The van der Waals surface area contributed by atoms with Gasteiger partial charge in [-0.2, -0.15) is 0 Å². The fourth-order valence-corrected chi connectivity index (χ4v) is 5.18. The van der Waals surface area contributed by atoms with E-state index in [0.29, 0.717) is 24.8 Å². The average molecular weight is 385 g/mol. The molecule has 1 aromatic rings. The Hall–Kier alpha value is -2.70. The van der Waals surface area contributed by atoms with E-state index in [1.807, 2.05) is 32.9 Å². The predicted octanol–water partition coefficient (Wildman–Crippen LogP) is 1.96. The number of hydrazine groups is 1. The summed E-state index contributed by atoms with van der Waals surface area (Å²) in [6.45, 7) is 7.30. The van der Waals surface area contributed by atoms with Crippen molar-refractivity contribution >= 4 is 23.6 Å². The fourth-order valence-electron chi connectivity index (χ4n) is 5.18. The number of aryl methyl sites for hydroxylation is 1. The first-order chi connectivity index (χ1) is 12.9. The van der Waals surface area contributed by atoms with Gasteiger partial charge in [-0.25, -0.2) is 0 Å². The molecule has 0 radical (unpaired) electrons. The summed E-state index contributed by atoms with van der Waals surface area (Å²) < 4.78 is 0. The van der Waals surface area contributed by atoms with Gasteiger partial charge in [0.05, 0.1) is 5.41 Å². The van der Waals surface area contributed by atoms with Gasteiger partial charge < -0.3 is 0 Å². The van der Waals surface area contributed by atoms with Crippen molar-refractivity contribution in [2.45, 2.75) is 47.0 Å². The first-order valence-electron chi connectivity index (χ1n) is 9.40. The highest BCUT2D eigenvalue weighted by atomic mass is 16.2. The molecule has 2 N–H and O–H groups in total. The van der Waals surface area contributed by atoms with Gasteiger partial charge >= 0.3 is 0 Å². The molecule has 3 rings (SSSR count). The number of likely N-dealkylation sites (tertiary alicyclic amines) is 1. The minimum atomic E-state index is -0.950. The maximum Gasteiger partial charge on any atom is 0.269 e. The largest absolute Gasteiger partial charge is 0.285 e. The van der Waals surface area contributed by atoms with Gasteiger partial charge in [0.1, 0.15) is 0 Å². The SMILES string of the molecule is Cc1ccc(C(=O)NNC(=O)C2(C)CC3(C)CC(C)(C2)C(=O)N(C)C3=O)cc1. The lowest BCUT2D eigenvalue weighted by Crippen LogP contribution is -2.64. The minimum Gasteiger partial charge on any atom is -0.285 e. The Kier molecular flexibility index (Phi) is 4.60. The number of carbonyl (C=O) groups is 4. The monoisotopic (exact) mass is 385 g/mol. The van der Waals surface area contributed by atoms with Gasteiger partial charge in [0.2, 0.25) is 17.7 Å². The van der Waals surface area contributed by atoms with Gasteiger partial charge in [-0.3, -0.25) is 34.9 Å². The Balaban J connectivity index is 1.76. The van der Waals surface area contributed by atoms with Gasteiger partial charge in [-0.15, -0.1) is 0 Å². The average Bonchev–Trinajstić information content (AvgIpc) is 2.62. The molecule has 2 bridgehead atoms. The number of piperidine rings is 1. The predicted molar refractivity (Wildman–Crippen MR) is 103 cm³/mol. The Morgan fingerprint density at radius 1 is 0.893 bits per heavy atom. The quantitative estimate of drug-likeness (QED) is 0.601. The second kappa shape index (κ2) is 6.43. The van der Waals surface area contributed by atoms with E-state index in [1.165, 1.54) is 11.9 Å². The third-order valence-corrected chi connectivity index (χ3v) is 6.13. The molecule has 1 saturated heterocycles. The van der Waals surface area contributed by atoms with Crippen molar-refractivity contribution in [2.24, 2.45) is 16.2 Å². The van der Waals surface area contributed by atoms with Crippen LogP contribution in [0.1, 0.15) is 56.0 Å². The van der Waals surface area contributed by atoms with Crippen LogP contribution in [0, 0.1) is 23.2 Å². The van der Waals surface area contributed by atoms with Crippen LogP contribution in [0.4, 0.5) is 0 Å². The number of amides is 4. The van der Waals surface area contributed by atoms with E-state index in [-0.39, 0.29) is 11.8 Å². The van der Waals surface area contributed by atoms with Crippen LogP contribution in [0.2, 0.25) is 0 Å². The van der Waals surface area contributed by atoms with E-state index in [1.54, 1.807) is 19.1 Å². The summed E-state index contributed by atoms with van der Waals surface area (Å²) in [5, 5.41) is 0. The zero-order valence-electron chi connectivity index (χ0n) is 17.0. The van der Waals surface area contributed by atoms with Crippen molar-refractivity contribution in [1.29, 1.82) is 0 Å². The maximum absolute atomic E-state index is 13.0. The van der Waals surface area contributed by atoms with Crippen LogP contribution in [0.15, 0.2) is 24.3 Å². The Labute approximate surface area is 164 Å². The summed E-state index contributed by atoms with van der Waals surface area (Å²) in [5.74, 6) is -1.32. The van der Waals surface area contributed by atoms with Crippen LogP contribution in [-0.4, -0.2) is 35.6 Å². The molecule has 1 aliphatic carbocycles. The number of rotatable bonds is 2. The summed E-state index contributed by atoms with van der Waals surface area (Å²) in [5.41, 5.74) is 3.88. The smallest absolute Gasteiger partial charge is 0.269 e. The standard InChI is InChI=1S/C21H27N3O4/c1-13-6-8-14(9-7-13)15(25)22-23-16(26)19(2)10-20(3)12-21(4,11-19)18(28)24(5)17(20)27/h6-9H,10-12H2,1-5H3,(H,22,25)(H,23,26). The normalized spacial score (nSPS) is 32.1. The van der Waals surface area contributed by atoms with Gasteiger partial charge in [0, 0.05) is 23.4 Å². The van der Waals surface area contributed by atoms with Gasteiger partial charge in [-0.05, 0) is 38.3 Å². The highest BCUT2D eigenvalue weighted by Crippen LogP contribution is 2.58. The molecule has 1 saturated carbocycles. The Morgan fingerprint density at radius 2 is 1.39 bits per heavy atom. The highest BCUT2D eigenvalue weighted by molar-refractivity contribution is 6.04. The molecule has 1 aliphatic heterocycles. The number of nitrogens with one attached hydrogen (secondary N) is 2. The van der Waals surface area contributed by atoms with E-state index in [0.717, 1.165) is 5.56 Å². The number of fused-ring (bicyclic) bond motifs is 2. The molecule has 7 heteroatoms. The minimum absolute atomic E-state index is 0.252. The molecule has 1 heterocycles. The van der Waals surface area contributed by atoms with E-state index in [9.17, 15) is 19.2 Å². The fraction of sp³-hybridized carbons (Fsp3) is 0.524. The molecule has 2 fully saturated rings. The lowest BCUT2D eigenvalue weighted by atomic mass is 9.51. The summed E-state index contributed by atoms with van der Waals surface area (Å²) in [6, 6.07) is 6.99. The van der Waals surface area contributed by atoms with Gasteiger partial charge in [-0.1, -0.05) is 38.5 Å². The summed E-state index contributed by atoms with van der Waals surface area (Å²) in [7, 11) is 1.50. The zero-order valence-corrected chi connectivity index (χ0v) is 17.0. The lowest BCUT2D eigenvalue weighted by Gasteiger charge is -2.55. The molecule has 28 heavy (non-hydrogen) atoms. The molecule has 2 unspecified atom stereocenters. The second-order valence-electron chi connectivity index (χ2n) is 9.16. The van der Waals surface area contributed by atoms with Crippen LogP contribution in [0.5, 0.6) is 0 Å². The molecule has 2 aliphatic rings. The second-order valence-corrected chi connectivity index (χ2v) is 9.16. The first-order valence-corrected chi connectivity index (χ1v) is 9.40. The number of hydrogen-bond acceptors (Lipinski definition) is 4. The van der Waals surface area contributed by atoms with E-state index < -0.39 is 28.1 Å². The molecule has 0 aromatic heterocycles. The van der Waals surface area contributed by atoms with E-state index in [4.69, 9.17) is 0 Å². The Bertz CT molecular complexity index is 833. The van der Waals surface area contributed by atoms with Crippen molar-refractivity contribution in [3.05, 3.63) is 35.4 Å². The van der Waals surface area contributed by atoms with E-state index in [2.05, 4.69) is 10.9 Å². The first kappa shape index (κ1) is 20.0. The lowest BCUT2D eigenvalue weighted by molar-refractivity contribution is -0.178. The molecule has 0 spiro atoms. The van der Waals surface area contributed by atoms with Crippen LogP contribution < -0.4 is 10.9 Å². The summed E-state index contributed by atoms with van der Waals surface area (Å²) in [6.07, 6.45) is 1.07. The van der Waals surface area contributed by atoms with Gasteiger partial charge in [0.15, 0.2) is 0 Å². The molecule has 4 amide bonds. The molecule has 150 valence electrons. The van der Waals surface area contributed by atoms with Crippen LogP contribution in [0.3, 0.4) is 0 Å². The topological polar surface area (TPSA) is 95.6 Å². The van der Waals surface area contributed by atoms with Crippen LogP contribution >= 0.6 is 0 Å². The highest BCUT2D eigenvalue weighted by Gasteiger charge is 2.62. The van der Waals surface area contributed by atoms with Crippen molar-refractivity contribution in [3.8, 4) is 0 Å². The van der Waals surface area contributed by atoms with Crippen LogP contribution in [-0.2, 0) is 14.4 Å². The zero-order chi connectivity index (χ0) is 20.9. The van der Waals surface area contributed by atoms with Crippen molar-refractivity contribution < 1.29 is 19.2 Å². The third-order valence-electron chi connectivity index (χ3n) is 6.13. The van der Waals surface area contributed by atoms with Crippen LogP contribution in [0.25, 0.3) is 0 Å².